The largest absolute Gasteiger partial charge is 0.356 e. The number of guanidine groups is 1. The second-order valence-electron chi connectivity index (χ2n) is 7.60. The molecule has 3 rings (SSSR count). The van der Waals surface area contributed by atoms with Crippen LogP contribution in [-0.2, 0) is 19.4 Å². The molecule has 1 aromatic carbocycles. The van der Waals surface area contributed by atoms with Crippen LogP contribution in [0, 0.1) is 5.82 Å². The van der Waals surface area contributed by atoms with E-state index in [1.807, 2.05) is 12.1 Å². The third-order valence-electron chi connectivity index (χ3n) is 5.67. The molecule has 9 heteroatoms. The fourth-order valence-electron chi connectivity index (χ4n) is 3.94. The minimum Gasteiger partial charge on any atom is -0.356 e. The first-order valence-corrected chi connectivity index (χ1v) is 11.1. The lowest BCUT2D eigenvalue weighted by molar-refractivity contribution is 0.273. The first kappa shape index (κ1) is 25.5. The van der Waals surface area contributed by atoms with E-state index in [1.54, 1.807) is 12.4 Å². The van der Waals surface area contributed by atoms with Gasteiger partial charge in [0.25, 0.3) is 0 Å². The Morgan fingerprint density at radius 3 is 2.81 bits per heavy atom. The van der Waals surface area contributed by atoms with Gasteiger partial charge < -0.3 is 15.2 Å². The fraction of sp³-hybridized carbons (Fsp3) is 0.591. The molecule has 0 saturated carbocycles. The van der Waals surface area contributed by atoms with E-state index >= 15 is 0 Å². The molecular formula is C22H35FIN7. The average molecular weight is 543 g/mol. The van der Waals surface area contributed by atoms with Gasteiger partial charge in [-0.3, -0.25) is 9.89 Å². The van der Waals surface area contributed by atoms with Gasteiger partial charge in [0.1, 0.15) is 18.0 Å². The van der Waals surface area contributed by atoms with Crippen molar-refractivity contribution < 1.29 is 4.39 Å². The number of halogens is 2. The van der Waals surface area contributed by atoms with E-state index in [4.69, 9.17) is 4.99 Å². The quantitative estimate of drug-likeness (QED) is 0.274. The number of benzene rings is 1. The van der Waals surface area contributed by atoms with Crippen LogP contribution >= 0.6 is 24.0 Å². The van der Waals surface area contributed by atoms with Gasteiger partial charge >= 0.3 is 0 Å². The van der Waals surface area contributed by atoms with Crippen molar-refractivity contribution in [3.8, 4) is 0 Å². The second kappa shape index (κ2) is 13.6. The summed E-state index contributed by atoms with van der Waals surface area (Å²) in [4.78, 5) is 7.33. The molecule has 172 valence electrons. The van der Waals surface area contributed by atoms with Gasteiger partial charge in [-0.05, 0) is 44.0 Å². The van der Waals surface area contributed by atoms with Crippen LogP contribution in [0.3, 0.4) is 0 Å². The molecule has 1 saturated heterocycles. The first-order valence-electron chi connectivity index (χ1n) is 11.1. The molecule has 2 N–H and O–H groups in total. The van der Waals surface area contributed by atoms with Gasteiger partial charge in [-0.25, -0.2) is 4.39 Å². The van der Waals surface area contributed by atoms with Gasteiger partial charge in [-0.2, -0.15) is 0 Å². The predicted molar refractivity (Wildman–Crippen MR) is 133 cm³/mol. The Labute approximate surface area is 201 Å². The monoisotopic (exact) mass is 543 g/mol. The zero-order valence-corrected chi connectivity index (χ0v) is 20.9. The summed E-state index contributed by atoms with van der Waals surface area (Å²) in [5.74, 6) is 1.60. The SMILES string of the molecule is CCc1nncn1CCNC(=NCC1CCCN1CC)NCCc1ccccc1F.I. The van der Waals surface area contributed by atoms with Gasteiger partial charge in [-0.1, -0.05) is 32.0 Å². The van der Waals surface area contributed by atoms with Crippen molar-refractivity contribution in [2.75, 3.05) is 32.7 Å². The van der Waals surface area contributed by atoms with Crippen molar-refractivity contribution in [3.05, 3.63) is 47.8 Å². The Kier molecular flexibility index (Phi) is 11.2. The Morgan fingerprint density at radius 2 is 2.03 bits per heavy atom. The van der Waals surface area contributed by atoms with E-state index in [0.717, 1.165) is 56.5 Å². The molecule has 0 bridgehead atoms. The third kappa shape index (κ3) is 7.71. The molecule has 2 aromatic rings. The number of nitrogens with zero attached hydrogens (tertiary/aromatic N) is 5. The van der Waals surface area contributed by atoms with Crippen molar-refractivity contribution in [2.24, 2.45) is 4.99 Å². The van der Waals surface area contributed by atoms with Crippen molar-refractivity contribution >= 4 is 29.9 Å². The molecule has 1 aliphatic rings. The fourth-order valence-corrected chi connectivity index (χ4v) is 3.94. The minimum atomic E-state index is -0.157. The van der Waals surface area contributed by atoms with Gasteiger partial charge in [0, 0.05) is 32.1 Å². The number of likely N-dealkylation sites (N-methyl/N-ethyl adjacent to an activating group) is 1. The molecule has 0 aliphatic carbocycles. The van der Waals surface area contributed by atoms with Crippen LogP contribution in [0.25, 0.3) is 0 Å². The predicted octanol–water partition coefficient (Wildman–Crippen LogP) is 2.86. The van der Waals surface area contributed by atoms with E-state index < -0.39 is 0 Å². The Bertz CT molecular complexity index is 811. The maximum Gasteiger partial charge on any atom is 0.191 e. The van der Waals surface area contributed by atoms with Crippen LogP contribution < -0.4 is 10.6 Å². The minimum absolute atomic E-state index is 0. The highest BCUT2D eigenvalue weighted by atomic mass is 127. The van der Waals surface area contributed by atoms with Crippen LogP contribution in [0.2, 0.25) is 0 Å². The van der Waals surface area contributed by atoms with Crippen LogP contribution in [0.1, 0.15) is 38.1 Å². The van der Waals surface area contributed by atoms with Crippen LogP contribution in [0.15, 0.2) is 35.6 Å². The molecule has 0 radical (unpaired) electrons. The third-order valence-corrected chi connectivity index (χ3v) is 5.67. The lowest BCUT2D eigenvalue weighted by Crippen LogP contribution is -2.41. The van der Waals surface area contributed by atoms with Crippen molar-refractivity contribution in [2.45, 2.75) is 52.1 Å². The van der Waals surface area contributed by atoms with Crippen molar-refractivity contribution in [1.29, 1.82) is 0 Å². The summed E-state index contributed by atoms with van der Waals surface area (Å²) in [6.45, 7) is 9.40. The molecule has 1 atom stereocenters. The van der Waals surface area contributed by atoms with E-state index in [2.05, 4.69) is 44.1 Å². The summed E-state index contributed by atoms with van der Waals surface area (Å²) >= 11 is 0. The number of likely N-dealkylation sites (tertiary alicyclic amines) is 1. The zero-order valence-electron chi connectivity index (χ0n) is 18.6. The topological polar surface area (TPSA) is 70.4 Å². The van der Waals surface area contributed by atoms with Crippen LogP contribution in [-0.4, -0.2) is 64.4 Å². The lowest BCUT2D eigenvalue weighted by Gasteiger charge is -2.21. The lowest BCUT2D eigenvalue weighted by atomic mass is 10.1. The number of rotatable bonds is 10. The number of aryl methyl sites for hydroxylation is 1. The molecule has 1 aromatic heterocycles. The average Bonchev–Trinajstić information content (AvgIpc) is 3.41. The maximum absolute atomic E-state index is 13.9. The van der Waals surface area contributed by atoms with Crippen LogP contribution in [0.4, 0.5) is 4.39 Å². The second-order valence-corrected chi connectivity index (χ2v) is 7.60. The zero-order chi connectivity index (χ0) is 21.2. The Hall–Kier alpha value is -1.75. The smallest absolute Gasteiger partial charge is 0.191 e. The summed E-state index contributed by atoms with van der Waals surface area (Å²) in [6, 6.07) is 7.43. The van der Waals surface area contributed by atoms with Gasteiger partial charge in [0.2, 0.25) is 0 Å². The van der Waals surface area contributed by atoms with Crippen molar-refractivity contribution in [3.63, 3.8) is 0 Å². The molecular weight excluding hydrogens is 508 g/mol. The molecule has 0 amide bonds. The Morgan fingerprint density at radius 1 is 1.23 bits per heavy atom. The summed E-state index contributed by atoms with van der Waals surface area (Å²) < 4.78 is 15.9. The normalized spacial score (nSPS) is 16.9. The van der Waals surface area contributed by atoms with E-state index in [1.165, 1.54) is 18.9 Å². The molecule has 0 spiro atoms. The van der Waals surface area contributed by atoms with E-state index in [9.17, 15) is 4.39 Å². The molecule has 2 heterocycles. The van der Waals surface area contributed by atoms with Gasteiger partial charge in [0.05, 0.1) is 6.54 Å². The number of nitrogens with one attached hydrogen (secondary N) is 2. The van der Waals surface area contributed by atoms with E-state index in [0.29, 0.717) is 19.0 Å². The number of aliphatic imine (C=N–C) groups is 1. The van der Waals surface area contributed by atoms with Crippen LogP contribution in [0.5, 0.6) is 0 Å². The standard InChI is InChI=1S/C22H34FN7.HI/c1-3-21-28-27-17-30(21)15-13-25-22(26-16-19-9-7-14-29(19)4-2)24-12-11-18-8-5-6-10-20(18)23;/h5-6,8,10,17,19H,3-4,7,9,11-16H2,1-2H3,(H2,24,25,26);1H. The van der Waals surface area contributed by atoms with Gasteiger partial charge in [-0.15, -0.1) is 34.2 Å². The summed E-state index contributed by atoms with van der Waals surface area (Å²) in [5.41, 5.74) is 0.717. The van der Waals surface area contributed by atoms with Crippen molar-refractivity contribution in [1.82, 2.24) is 30.3 Å². The molecule has 1 fully saturated rings. The molecule has 1 aliphatic heterocycles. The Balaban J connectivity index is 0.00000341. The highest BCUT2D eigenvalue weighted by Gasteiger charge is 2.22. The molecule has 1 unspecified atom stereocenters. The number of hydrogen-bond acceptors (Lipinski definition) is 4. The van der Waals surface area contributed by atoms with E-state index in [-0.39, 0.29) is 29.8 Å². The maximum atomic E-state index is 13.9. The molecule has 7 nitrogen and oxygen atoms in total. The summed E-state index contributed by atoms with van der Waals surface area (Å²) in [7, 11) is 0. The number of aromatic nitrogens is 3. The highest BCUT2D eigenvalue weighted by molar-refractivity contribution is 14.0. The van der Waals surface area contributed by atoms with Gasteiger partial charge in [0.15, 0.2) is 5.96 Å². The summed E-state index contributed by atoms with van der Waals surface area (Å²) in [5, 5.41) is 14.9. The molecule has 31 heavy (non-hydrogen) atoms. The highest BCUT2D eigenvalue weighted by Crippen LogP contribution is 2.16. The summed E-state index contributed by atoms with van der Waals surface area (Å²) in [6.07, 6.45) is 5.67. The first-order chi connectivity index (χ1) is 14.7. The number of hydrogen-bond donors (Lipinski definition) is 2.